The van der Waals surface area contributed by atoms with E-state index in [2.05, 4.69) is 15.4 Å². The molecule has 122 valence electrons. The first-order valence-electron chi connectivity index (χ1n) is 8.20. The molecule has 1 aromatic heterocycles. The molecule has 0 unspecified atom stereocenters. The van der Waals surface area contributed by atoms with Crippen molar-refractivity contribution in [3.63, 3.8) is 0 Å². The van der Waals surface area contributed by atoms with Gasteiger partial charge in [-0.2, -0.15) is 0 Å². The van der Waals surface area contributed by atoms with E-state index in [0.29, 0.717) is 11.6 Å². The molecule has 2 N–H and O–H groups in total. The molecule has 1 aliphatic rings. The molecule has 0 aromatic carbocycles. The molecule has 1 saturated carbocycles. The molecule has 0 bridgehead atoms. The van der Waals surface area contributed by atoms with Gasteiger partial charge in [0.15, 0.2) is 0 Å². The average molecular weight is 305 g/mol. The fourth-order valence-corrected chi connectivity index (χ4v) is 3.24. The third-order valence-electron chi connectivity index (χ3n) is 4.49. The summed E-state index contributed by atoms with van der Waals surface area (Å²) in [5.74, 6) is -0.589. The summed E-state index contributed by atoms with van der Waals surface area (Å²) in [4.78, 5) is 23.9. The summed E-state index contributed by atoms with van der Waals surface area (Å²) >= 11 is 0. The second kappa shape index (κ2) is 6.99. The van der Waals surface area contributed by atoms with E-state index >= 15 is 0 Å². The van der Waals surface area contributed by atoms with Crippen LogP contribution in [0.25, 0.3) is 0 Å². The zero-order chi connectivity index (χ0) is 16.3. The molecule has 0 spiro atoms. The van der Waals surface area contributed by atoms with Crippen molar-refractivity contribution < 1.29 is 9.59 Å². The first-order chi connectivity index (χ1) is 10.4. The van der Waals surface area contributed by atoms with Crippen molar-refractivity contribution >= 4 is 11.8 Å². The van der Waals surface area contributed by atoms with Gasteiger partial charge in [0.1, 0.15) is 0 Å². The normalized spacial score (nSPS) is 15.9. The van der Waals surface area contributed by atoms with Crippen LogP contribution in [0.2, 0.25) is 0 Å². The van der Waals surface area contributed by atoms with Crippen molar-refractivity contribution in [3.05, 3.63) is 23.0 Å². The number of nitrogens with one attached hydrogen (secondary N) is 2. The van der Waals surface area contributed by atoms with Gasteiger partial charge in [-0.3, -0.25) is 20.4 Å². The topological polar surface area (TPSA) is 63.1 Å². The van der Waals surface area contributed by atoms with Gasteiger partial charge in [-0.1, -0.05) is 33.1 Å². The molecular formula is C17H27N3O2. The molecule has 2 rings (SSSR count). The van der Waals surface area contributed by atoms with Crippen molar-refractivity contribution in [2.75, 3.05) is 0 Å². The Bertz CT molecular complexity index is 554. The summed E-state index contributed by atoms with van der Waals surface area (Å²) in [6.45, 7) is 7.61. The van der Waals surface area contributed by atoms with Crippen LogP contribution in [0.4, 0.5) is 0 Å². The molecule has 0 radical (unpaired) electrons. The zero-order valence-electron chi connectivity index (χ0n) is 14.0. The van der Waals surface area contributed by atoms with Gasteiger partial charge in [0.2, 0.25) is 5.91 Å². The van der Waals surface area contributed by atoms with Gasteiger partial charge >= 0.3 is 0 Å². The van der Waals surface area contributed by atoms with Crippen LogP contribution in [0.1, 0.15) is 73.7 Å². The van der Waals surface area contributed by atoms with Crippen molar-refractivity contribution in [2.45, 2.75) is 65.8 Å². The van der Waals surface area contributed by atoms with E-state index in [0.717, 1.165) is 11.4 Å². The second-order valence-corrected chi connectivity index (χ2v) is 6.54. The van der Waals surface area contributed by atoms with E-state index in [1.54, 1.807) is 13.8 Å². The summed E-state index contributed by atoms with van der Waals surface area (Å²) in [6, 6.07) is 2.42. The number of hydrogen-bond acceptors (Lipinski definition) is 2. The van der Waals surface area contributed by atoms with Gasteiger partial charge in [-0.05, 0) is 32.8 Å². The average Bonchev–Trinajstić information content (AvgIpc) is 2.80. The van der Waals surface area contributed by atoms with Crippen molar-refractivity contribution in [3.8, 4) is 0 Å². The van der Waals surface area contributed by atoms with E-state index in [1.807, 2.05) is 19.9 Å². The summed E-state index contributed by atoms with van der Waals surface area (Å²) in [5.41, 5.74) is 7.73. The molecule has 5 heteroatoms. The molecule has 0 saturated heterocycles. The number of aryl methyl sites for hydroxylation is 1. The Morgan fingerprint density at radius 1 is 1.14 bits per heavy atom. The lowest BCUT2D eigenvalue weighted by atomic mass is 9.95. The predicted octanol–water partition coefficient (Wildman–Crippen LogP) is 3.03. The van der Waals surface area contributed by atoms with Crippen LogP contribution in [0, 0.1) is 19.8 Å². The van der Waals surface area contributed by atoms with E-state index in [1.165, 1.54) is 32.1 Å². The minimum Gasteiger partial charge on any atom is -0.345 e. The smallest absolute Gasteiger partial charge is 0.271 e. The Hall–Kier alpha value is -1.78. The highest BCUT2D eigenvalue weighted by Crippen LogP contribution is 2.32. The van der Waals surface area contributed by atoms with E-state index in [4.69, 9.17) is 0 Å². The molecule has 1 aromatic rings. The summed E-state index contributed by atoms with van der Waals surface area (Å²) < 4.78 is 2.29. The molecule has 0 aliphatic heterocycles. The monoisotopic (exact) mass is 305 g/mol. The Morgan fingerprint density at radius 2 is 1.77 bits per heavy atom. The van der Waals surface area contributed by atoms with Gasteiger partial charge in [0, 0.05) is 23.3 Å². The molecule has 1 aliphatic carbocycles. The highest BCUT2D eigenvalue weighted by molar-refractivity contribution is 5.96. The van der Waals surface area contributed by atoms with E-state index < -0.39 is 0 Å². The molecular weight excluding hydrogens is 278 g/mol. The first kappa shape index (κ1) is 16.6. The van der Waals surface area contributed by atoms with Crippen LogP contribution in [-0.2, 0) is 4.79 Å². The molecule has 5 nitrogen and oxygen atoms in total. The van der Waals surface area contributed by atoms with E-state index in [-0.39, 0.29) is 17.7 Å². The maximum atomic E-state index is 12.3. The van der Waals surface area contributed by atoms with Crippen molar-refractivity contribution in [1.82, 2.24) is 15.4 Å². The lowest BCUT2D eigenvalue weighted by molar-refractivity contribution is -0.124. The second-order valence-electron chi connectivity index (χ2n) is 6.54. The van der Waals surface area contributed by atoms with Gasteiger partial charge in [0.05, 0.1) is 5.56 Å². The Morgan fingerprint density at radius 3 is 2.36 bits per heavy atom. The van der Waals surface area contributed by atoms with Crippen LogP contribution >= 0.6 is 0 Å². The van der Waals surface area contributed by atoms with Crippen LogP contribution in [-0.4, -0.2) is 16.4 Å². The number of nitrogens with zero attached hydrogens (tertiary/aromatic N) is 1. The molecule has 0 atom stereocenters. The lowest BCUT2D eigenvalue weighted by Gasteiger charge is -2.26. The summed E-state index contributed by atoms with van der Waals surface area (Å²) in [7, 11) is 0. The molecule has 1 fully saturated rings. The van der Waals surface area contributed by atoms with Crippen LogP contribution in [0.15, 0.2) is 6.07 Å². The Balaban J connectivity index is 2.11. The standard InChI is InChI=1S/C17H27N3O2/c1-11(2)16(21)18-19-17(22)15-10-12(3)20(13(15)4)14-8-6-5-7-9-14/h10-11,14H,5-9H2,1-4H3,(H,18,21)(H,19,22). The number of carbonyl (C=O) groups is 2. The Labute approximate surface area is 132 Å². The largest absolute Gasteiger partial charge is 0.345 e. The zero-order valence-corrected chi connectivity index (χ0v) is 14.0. The van der Waals surface area contributed by atoms with Gasteiger partial charge in [-0.15, -0.1) is 0 Å². The third-order valence-corrected chi connectivity index (χ3v) is 4.49. The number of aromatic nitrogens is 1. The quantitative estimate of drug-likeness (QED) is 0.843. The van der Waals surface area contributed by atoms with Crippen LogP contribution < -0.4 is 10.9 Å². The summed E-state index contributed by atoms with van der Waals surface area (Å²) in [6.07, 6.45) is 6.19. The van der Waals surface area contributed by atoms with E-state index in [9.17, 15) is 9.59 Å². The third kappa shape index (κ3) is 3.51. The van der Waals surface area contributed by atoms with Crippen LogP contribution in [0.3, 0.4) is 0 Å². The maximum absolute atomic E-state index is 12.3. The lowest BCUT2D eigenvalue weighted by Crippen LogP contribution is -2.43. The maximum Gasteiger partial charge on any atom is 0.271 e. The fraction of sp³-hybridized carbons (Fsp3) is 0.647. The number of carbonyl (C=O) groups excluding carboxylic acids is 2. The van der Waals surface area contributed by atoms with Gasteiger partial charge in [0.25, 0.3) is 5.91 Å². The fourth-order valence-electron chi connectivity index (χ4n) is 3.24. The molecule has 2 amide bonds. The van der Waals surface area contributed by atoms with Crippen molar-refractivity contribution in [2.24, 2.45) is 5.92 Å². The number of hydrogen-bond donors (Lipinski definition) is 2. The predicted molar refractivity (Wildman–Crippen MR) is 86.5 cm³/mol. The minimum atomic E-state index is -0.246. The highest BCUT2D eigenvalue weighted by Gasteiger charge is 2.22. The van der Waals surface area contributed by atoms with Gasteiger partial charge < -0.3 is 4.57 Å². The Kier molecular flexibility index (Phi) is 5.27. The molecule has 22 heavy (non-hydrogen) atoms. The van der Waals surface area contributed by atoms with Gasteiger partial charge in [-0.25, -0.2) is 0 Å². The number of hydrazine groups is 1. The SMILES string of the molecule is Cc1cc(C(=O)NNC(=O)C(C)C)c(C)n1C1CCCCC1. The number of amides is 2. The van der Waals surface area contributed by atoms with Crippen LogP contribution in [0.5, 0.6) is 0 Å². The van der Waals surface area contributed by atoms with Crippen molar-refractivity contribution in [1.29, 1.82) is 0 Å². The summed E-state index contributed by atoms with van der Waals surface area (Å²) in [5, 5.41) is 0. The number of rotatable bonds is 3. The highest BCUT2D eigenvalue weighted by atomic mass is 16.2. The molecule has 1 heterocycles. The first-order valence-corrected chi connectivity index (χ1v) is 8.20. The minimum absolute atomic E-state index is 0.157.